The van der Waals surface area contributed by atoms with E-state index in [4.69, 9.17) is 4.18 Å². The second kappa shape index (κ2) is 11.3. The monoisotopic (exact) mass is 714 g/mol. The molecule has 266 valence electrons. The molecule has 0 amide bonds. The Morgan fingerprint density at radius 2 is 1.08 bits per heavy atom. The lowest BCUT2D eigenvalue weighted by Crippen LogP contribution is -2.50. The van der Waals surface area contributed by atoms with Crippen molar-refractivity contribution in [3.8, 4) is 5.75 Å². The number of benzene rings is 3. The van der Waals surface area contributed by atoms with Crippen LogP contribution in [0.2, 0.25) is 0 Å². The molecule has 50 heavy (non-hydrogen) atoms. The highest BCUT2D eigenvalue weighted by atomic mass is 32.2. The third-order valence-electron chi connectivity index (χ3n) is 14.9. The third kappa shape index (κ3) is 5.08. The van der Waals surface area contributed by atoms with Gasteiger partial charge in [-0.25, -0.2) is 0 Å². The second-order valence-electron chi connectivity index (χ2n) is 18.2. The molecule has 1 N–H and O–H groups in total. The smallest absolute Gasteiger partial charge is 0.339 e. The van der Waals surface area contributed by atoms with Gasteiger partial charge in [-0.15, -0.1) is 0 Å². The normalized spacial score (nSPS) is 35.9. The van der Waals surface area contributed by atoms with Gasteiger partial charge in [0.25, 0.3) is 10.1 Å². The van der Waals surface area contributed by atoms with Gasteiger partial charge in [0.1, 0.15) is 10.6 Å². The van der Waals surface area contributed by atoms with Gasteiger partial charge < -0.3 is 4.18 Å². The second-order valence-corrected chi connectivity index (χ2v) is 21.1. The van der Waals surface area contributed by atoms with Crippen molar-refractivity contribution in [1.82, 2.24) is 0 Å². The highest BCUT2D eigenvalue weighted by Crippen LogP contribution is 2.65. The summed E-state index contributed by atoms with van der Waals surface area (Å²) in [5.74, 6) is 4.32. The minimum Gasteiger partial charge on any atom is -0.379 e. The summed E-state index contributed by atoms with van der Waals surface area (Å²) in [5.41, 5.74) is 3.14. The van der Waals surface area contributed by atoms with Gasteiger partial charge in [-0.05, 0) is 195 Å². The molecule has 0 unspecified atom stereocenters. The molecule has 9 aliphatic carbocycles. The van der Waals surface area contributed by atoms with Crippen molar-refractivity contribution >= 4 is 31.0 Å². The predicted octanol–water partition coefficient (Wildman–Crippen LogP) is 9.45. The predicted molar refractivity (Wildman–Crippen MR) is 194 cm³/mol. The zero-order valence-corrected chi connectivity index (χ0v) is 30.7. The summed E-state index contributed by atoms with van der Waals surface area (Å²) in [6.45, 7) is 0. The van der Waals surface area contributed by atoms with Crippen LogP contribution in [0, 0.1) is 35.5 Å². The van der Waals surface area contributed by atoms with E-state index >= 15 is 8.42 Å². The fourth-order valence-corrected chi connectivity index (χ4v) is 16.1. The minimum absolute atomic E-state index is 0.00884. The lowest BCUT2D eigenvalue weighted by molar-refractivity contribution is -0.00703. The molecule has 0 aliphatic heterocycles. The molecule has 9 aliphatic rings. The van der Waals surface area contributed by atoms with E-state index in [-0.39, 0.29) is 21.5 Å². The lowest BCUT2D eigenvalue weighted by Gasteiger charge is -2.58. The van der Waals surface area contributed by atoms with E-state index in [9.17, 15) is 13.0 Å². The molecule has 0 aromatic heterocycles. The van der Waals surface area contributed by atoms with Gasteiger partial charge >= 0.3 is 10.1 Å². The van der Waals surface area contributed by atoms with E-state index in [2.05, 4.69) is 30.3 Å². The zero-order chi connectivity index (χ0) is 34.0. The molecule has 3 aromatic carbocycles. The highest BCUT2D eigenvalue weighted by molar-refractivity contribution is 7.87. The summed E-state index contributed by atoms with van der Waals surface area (Å²) >= 11 is 0. The topological polar surface area (TPSA) is 97.7 Å². The molecule has 8 saturated carbocycles. The van der Waals surface area contributed by atoms with Crippen molar-refractivity contribution < 1.29 is 25.6 Å². The lowest BCUT2D eigenvalue weighted by atomic mass is 9.46. The van der Waals surface area contributed by atoms with Gasteiger partial charge in [0, 0.05) is 5.56 Å². The first-order valence-electron chi connectivity index (χ1n) is 19.6. The first-order valence-corrected chi connectivity index (χ1v) is 22.5. The Hall–Kier alpha value is -2.42. The van der Waals surface area contributed by atoms with Crippen molar-refractivity contribution in [3.63, 3.8) is 0 Å². The van der Waals surface area contributed by atoms with E-state index in [1.807, 2.05) is 0 Å². The maximum absolute atomic E-state index is 15.3. The minimum atomic E-state index is -4.47. The maximum Gasteiger partial charge on any atom is 0.339 e. The summed E-state index contributed by atoms with van der Waals surface area (Å²) in [5, 5.41) is 2.36. The Kier molecular flexibility index (Phi) is 7.28. The van der Waals surface area contributed by atoms with Crippen molar-refractivity contribution in [3.05, 3.63) is 64.7 Å². The van der Waals surface area contributed by atoms with E-state index in [1.165, 1.54) is 61.6 Å². The summed E-state index contributed by atoms with van der Waals surface area (Å²) in [6, 6.07) is 13.7. The molecule has 3 aromatic rings. The molecule has 8 heteroatoms. The van der Waals surface area contributed by atoms with Gasteiger partial charge in [-0.1, -0.05) is 37.1 Å². The van der Waals surface area contributed by atoms with Crippen LogP contribution in [-0.4, -0.2) is 21.4 Å². The van der Waals surface area contributed by atoms with Gasteiger partial charge in [0.2, 0.25) is 0 Å². The molecule has 8 fully saturated rings. The van der Waals surface area contributed by atoms with Crippen molar-refractivity contribution in [2.75, 3.05) is 0 Å². The Balaban J connectivity index is 1.19. The van der Waals surface area contributed by atoms with Crippen molar-refractivity contribution in [2.45, 2.75) is 136 Å². The Morgan fingerprint density at radius 3 is 1.62 bits per heavy atom. The van der Waals surface area contributed by atoms with Gasteiger partial charge in [0.05, 0.1) is 4.90 Å². The maximum atomic E-state index is 15.3. The molecular weight excluding hydrogens is 665 g/mol. The largest absolute Gasteiger partial charge is 0.379 e. The molecule has 12 rings (SSSR count). The Morgan fingerprint density at radius 1 is 0.580 bits per heavy atom. The Labute approximate surface area is 297 Å². The van der Waals surface area contributed by atoms with E-state index < -0.39 is 20.2 Å². The summed E-state index contributed by atoms with van der Waals surface area (Å²) in [4.78, 5) is 0.241. The summed E-state index contributed by atoms with van der Waals surface area (Å²) < 4.78 is 72.1. The van der Waals surface area contributed by atoms with Crippen LogP contribution in [0.15, 0.2) is 52.3 Å². The quantitative estimate of drug-likeness (QED) is 0.202. The van der Waals surface area contributed by atoms with Gasteiger partial charge in [-0.3, -0.25) is 4.55 Å². The zero-order valence-electron chi connectivity index (χ0n) is 29.0. The van der Waals surface area contributed by atoms with Crippen LogP contribution < -0.4 is 4.18 Å². The van der Waals surface area contributed by atoms with Crippen LogP contribution in [0.25, 0.3) is 10.8 Å². The first-order chi connectivity index (χ1) is 24.0. The van der Waals surface area contributed by atoms with Crippen LogP contribution in [0.1, 0.15) is 125 Å². The van der Waals surface area contributed by atoms with Gasteiger partial charge in [0.15, 0.2) is 0 Å². The third-order valence-corrected chi connectivity index (χ3v) is 17.1. The van der Waals surface area contributed by atoms with Crippen LogP contribution >= 0.6 is 0 Å². The van der Waals surface area contributed by atoms with Crippen LogP contribution in [0.3, 0.4) is 0 Å². The van der Waals surface area contributed by atoms with Crippen molar-refractivity contribution in [2.24, 2.45) is 35.5 Å². The fraction of sp³-hybridized carbons (Fsp3) is 0.619. The first kappa shape index (κ1) is 32.2. The SMILES string of the molecule is O=S(=O)(O)c1ccc(OS(=O)(=O)c2cc(C34CC5CC(CC(C5)C3)C4)c3ccccc3c2C23CC4CC(CC(C4)C2)C3)c2c1CCCCCC2. The summed E-state index contributed by atoms with van der Waals surface area (Å²) in [7, 11) is -8.81. The van der Waals surface area contributed by atoms with Crippen LogP contribution in [0.5, 0.6) is 5.75 Å². The average Bonchev–Trinajstić information content (AvgIpc) is 3.02. The van der Waals surface area contributed by atoms with Gasteiger partial charge in [-0.2, -0.15) is 16.8 Å². The standard InChI is InChI=1S/C42H50O6S2/c43-49(44,45)38-12-11-37(33-8-3-1-2-4-9-34(33)38)48-50(46,47)39-19-36(41-20-26-13-27(21-41)15-28(14-26)22-41)32-7-5-6-10-35(32)40(39)42-23-29-16-30(24-42)18-31(17-29)25-42/h5-7,10-12,19,26-31H,1-4,8-9,13-18,20-25H2,(H,43,44,45). The number of hydrogen-bond donors (Lipinski definition) is 1. The van der Waals surface area contributed by atoms with Crippen molar-refractivity contribution in [1.29, 1.82) is 0 Å². The Bertz CT molecular complexity index is 2040. The van der Waals surface area contributed by atoms with E-state index in [0.29, 0.717) is 46.6 Å². The molecule has 0 heterocycles. The van der Waals surface area contributed by atoms with Crippen LogP contribution in [0.4, 0.5) is 0 Å². The number of rotatable bonds is 6. The average molecular weight is 715 g/mol. The molecule has 6 nitrogen and oxygen atoms in total. The number of fused-ring (bicyclic) bond motifs is 2. The highest BCUT2D eigenvalue weighted by Gasteiger charge is 2.56. The molecule has 0 saturated heterocycles. The van der Waals surface area contributed by atoms with E-state index in [1.54, 1.807) is 0 Å². The molecular formula is C42H50O6S2. The summed E-state index contributed by atoms with van der Waals surface area (Å²) in [6.07, 6.45) is 18.8. The molecule has 8 bridgehead atoms. The van der Waals surface area contributed by atoms with Crippen LogP contribution in [-0.2, 0) is 43.9 Å². The fourth-order valence-electron chi connectivity index (χ4n) is 14.0. The molecule has 0 radical (unpaired) electrons. The molecule has 0 atom stereocenters. The van der Waals surface area contributed by atoms with E-state index in [0.717, 1.165) is 92.9 Å². The molecule has 0 spiro atoms. The number of hydrogen-bond acceptors (Lipinski definition) is 5.